The minimum absolute atomic E-state index is 0.261. The highest BCUT2D eigenvalue weighted by Gasteiger charge is 2.28. The average molecular weight is 392 g/mol. The number of amides is 5. The van der Waals surface area contributed by atoms with Gasteiger partial charge in [0.15, 0.2) is 6.04 Å². The normalized spacial score (nSPS) is 14.8. The van der Waals surface area contributed by atoms with Gasteiger partial charge in [0, 0.05) is 6.42 Å². The summed E-state index contributed by atoms with van der Waals surface area (Å²) in [6.45, 7) is 0.458. The zero-order valence-corrected chi connectivity index (χ0v) is 14.5. The summed E-state index contributed by atoms with van der Waals surface area (Å²) < 4.78 is 0. The number of primary amides is 1. The van der Waals surface area contributed by atoms with Crippen molar-refractivity contribution in [3.63, 3.8) is 0 Å². The highest BCUT2D eigenvalue weighted by atomic mass is 16.4. The number of carbonyl (C=O) groups excluding carboxylic acids is 4. The fourth-order valence-electron chi connectivity index (χ4n) is 1.67. The predicted molar refractivity (Wildman–Crippen MR) is 88.3 cm³/mol. The van der Waals surface area contributed by atoms with Crippen molar-refractivity contribution in [2.24, 2.45) is 11.5 Å². The van der Waals surface area contributed by atoms with Crippen LogP contribution in [0.1, 0.15) is 19.8 Å². The first kappa shape index (κ1) is 24.0. The van der Waals surface area contributed by atoms with E-state index < -0.39 is 60.6 Å². The Morgan fingerprint density at radius 2 is 1.59 bits per heavy atom. The van der Waals surface area contributed by atoms with E-state index in [1.807, 2.05) is 16.2 Å². The maximum absolute atomic E-state index is 12.1. The lowest BCUT2D eigenvalue weighted by molar-refractivity contribution is -0.141. The number of aliphatic hydroxyl groups excluding tert-OH is 2. The number of carboxylic acid groups (broad SMARTS) is 1. The van der Waals surface area contributed by atoms with Gasteiger partial charge in [0.1, 0.15) is 12.1 Å². The van der Waals surface area contributed by atoms with E-state index >= 15 is 0 Å². The number of carboxylic acids is 1. The molecule has 0 aromatic heterocycles. The van der Waals surface area contributed by atoms with Crippen LogP contribution in [0.15, 0.2) is 0 Å². The number of hydrazine groups is 1. The number of aliphatic carboxylic acids is 1. The van der Waals surface area contributed by atoms with Crippen molar-refractivity contribution in [3.8, 4) is 0 Å². The number of nitrogens with two attached hydrogens (primary N) is 2. The smallest absolute Gasteiger partial charge is 0.328 e. The predicted octanol–water partition coefficient (Wildman–Crippen LogP) is -4.78. The standard InChI is InChI=1S/C13H24N6O8/c1-5(21)9(12(25)26)17-13(27)16-7(2-3-8(15)22)11(24)19-18-10(23)6(14)4-20/h5-7,9,20-21H,2-4,14H2,1H3,(H2,15,22)(H,18,23)(H,19,24)(H,25,26)(H2,16,17,27). The fraction of sp³-hybridized carbons (Fsp3) is 0.615. The van der Waals surface area contributed by atoms with E-state index in [-0.39, 0.29) is 12.8 Å². The van der Waals surface area contributed by atoms with Crippen LogP contribution in [0, 0.1) is 0 Å². The summed E-state index contributed by atoms with van der Waals surface area (Å²) in [6, 6.07) is -5.45. The molecule has 0 aromatic rings. The number of rotatable bonds is 10. The van der Waals surface area contributed by atoms with E-state index in [1.54, 1.807) is 0 Å². The molecule has 0 spiro atoms. The van der Waals surface area contributed by atoms with Crippen LogP contribution in [0.4, 0.5) is 4.79 Å². The van der Waals surface area contributed by atoms with Crippen LogP contribution in [-0.2, 0) is 19.2 Å². The third-order valence-electron chi connectivity index (χ3n) is 3.18. The molecule has 27 heavy (non-hydrogen) atoms. The summed E-state index contributed by atoms with van der Waals surface area (Å²) in [7, 11) is 0. The first-order chi connectivity index (χ1) is 12.5. The largest absolute Gasteiger partial charge is 0.480 e. The molecular weight excluding hydrogens is 368 g/mol. The number of hydrogen-bond donors (Lipinski definition) is 9. The van der Waals surface area contributed by atoms with Gasteiger partial charge in [-0.3, -0.25) is 25.2 Å². The molecular formula is C13H24N6O8. The summed E-state index contributed by atoms with van der Waals surface area (Å²) >= 11 is 0. The van der Waals surface area contributed by atoms with Crippen LogP contribution in [-0.4, -0.2) is 75.9 Å². The molecule has 0 saturated carbocycles. The third kappa shape index (κ3) is 9.34. The van der Waals surface area contributed by atoms with Crippen LogP contribution in [0.5, 0.6) is 0 Å². The number of nitrogens with one attached hydrogen (secondary N) is 4. The van der Waals surface area contributed by atoms with Crippen molar-refractivity contribution in [1.29, 1.82) is 0 Å². The zero-order valence-electron chi connectivity index (χ0n) is 14.5. The number of carbonyl (C=O) groups is 5. The summed E-state index contributed by atoms with van der Waals surface area (Å²) in [5, 5.41) is 31.0. The summed E-state index contributed by atoms with van der Waals surface area (Å²) in [4.78, 5) is 57.2. The SMILES string of the molecule is CC(O)C(NC(=O)NC(CCC(N)=O)C(=O)NNC(=O)C(N)CO)C(=O)O. The molecule has 0 saturated heterocycles. The van der Waals surface area contributed by atoms with Crippen LogP contribution in [0.3, 0.4) is 0 Å². The molecule has 0 rings (SSSR count). The van der Waals surface area contributed by atoms with Gasteiger partial charge in [-0.2, -0.15) is 0 Å². The van der Waals surface area contributed by atoms with E-state index in [2.05, 4.69) is 5.32 Å². The number of urea groups is 1. The maximum atomic E-state index is 12.1. The maximum Gasteiger partial charge on any atom is 0.328 e. The van der Waals surface area contributed by atoms with E-state index in [1.165, 1.54) is 0 Å². The van der Waals surface area contributed by atoms with Gasteiger partial charge in [-0.15, -0.1) is 0 Å². The molecule has 154 valence electrons. The zero-order chi connectivity index (χ0) is 21.1. The van der Waals surface area contributed by atoms with E-state index in [0.717, 1.165) is 6.92 Å². The second-order valence-corrected chi connectivity index (χ2v) is 5.50. The van der Waals surface area contributed by atoms with E-state index in [9.17, 15) is 29.1 Å². The van der Waals surface area contributed by atoms with Gasteiger partial charge >= 0.3 is 12.0 Å². The molecule has 0 heterocycles. The van der Waals surface area contributed by atoms with Crippen LogP contribution >= 0.6 is 0 Å². The van der Waals surface area contributed by atoms with Crippen molar-refractivity contribution >= 4 is 29.7 Å². The first-order valence-corrected chi connectivity index (χ1v) is 7.71. The Hall–Kier alpha value is -2.97. The summed E-state index contributed by atoms with van der Waals surface area (Å²) in [5.41, 5.74) is 14.1. The highest BCUT2D eigenvalue weighted by molar-refractivity contribution is 5.91. The first-order valence-electron chi connectivity index (χ1n) is 7.71. The molecule has 5 amide bonds. The van der Waals surface area contributed by atoms with E-state index in [0.29, 0.717) is 0 Å². The Kier molecular flexibility index (Phi) is 10.3. The molecule has 4 atom stereocenters. The molecule has 0 bridgehead atoms. The molecule has 0 aliphatic rings. The molecule has 14 heteroatoms. The van der Waals surface area contributed by atoms with Gasteiger partial charge in [-0.05, 0) is 13.3 Å². The summed E-state index contributed by atoms with van der Waals surface area (Å²) in [6.07, 6.45) is -1.99. The number of aliphatic hydroxyl groups is 2. The lowest BCUT2D eigenvalue weighted by Crippen LogP contribution is -2.58. The minimum Gasteiger partial charge on any atom is -0.480 e. The quantitative estimate of drug-likeness (QED) is 0.162. The molecule has 0 aromatic carbocycles. The molecule has 0 aliphatic heterocycles. The van der Waals surface area contributed by atoms with Crippen LogP contribution in [0.2, 0.25) is 0 Å². The van der Waals surface area contributed by atoms with E-state index in [4.69, 9.17) is 21.7 Å². The monoisotopic (exact) mass is 392 g/mol. The highest BCUT2D eigenvalue weighted by Crippen LogP contribution is 1.99. The van der Waals surface area contributed by atoms with Gasteiger partial charge in [-0.1, -0.05) is 0 Å². The Labute approximate surface area is 153 Å². The molecule has 0 aliphatic carbocycles. The van der Waals surface area contributed by atoms with Gasteiger partial charge in [-0.25, -0.2) is 9.59 Å². The molecule has 11 N–H and O–H groups in total. The fourth-order valence-corrected chi connectivity index (χ4v) is 1.67. The van der Waals surface area contributed by atoms with Crippen LogP contribution in [0.25, 0.3) is 0 Å². The third-order valence-corrected chi connectivity index (χ3v) is 3.18. The lowest BCUT2D eigenvalue weighted by atomic mass is 10.1. The lowest BCUT2D eigenvalue weighted by Gasteiger charge is -2.22. The minimum atomic E-state index is -1.65. The topological polar surface area (TPSA) is 246 Å². The van der Waals surface area contributed by atoms with Gasteiger partial charge in [0.25, 0.3) is 11.8 Å². The second kappa shape index (κ2) is 11.6. The Bertz CT molecular complexity index is 569. The van der Waals surface area contributed by atoms with Crippen LogP contribution < -0.4 is 33.0 Å². The second-order valence-electron chi connectivity index (χ2n) is 5.50. The molecule has 14 nitrogen and oxygen atoms in total. The van der Waals surface area contributed by atoms with Crippen molar-refractivity contribution < 1.29 is 39.3 Å². The van der Waals surface area contributed by atoms with Crippen molar-refractivity contribution in [2.75, 3.05) is 6.61 Å². The number of hydrogen-bond acceptors (Lipinski definition) is 8. The van der Waals surface area contributed by atoms with Crippen molar-refractivity contribution in [1.82, 2.24) is 21.5 Å². The van der Waals surface area contributed by atoms with Gasteiger partial charge in [0.2, 0.25) is 5.91 Å². The Morgan fingerprint density at radius 1 is 1.04 bits per heavy atom. The molecule has 0 fully saturated rings. The molecule has 0 radical (unpaired) electrons. The summed E-state index contributed by atoms with van der Waals surface area (Å²) in [5.74, 6) is -4.16. The Balaban J connectivity index is 4.94. The molecule has 4 unspecified atom stereocenters. The average Bonchev–Trinajstić information content (AvgIpc) is 2.59. The van der Waals surface area contributed by atoms with Gasteiger partial charge < -0.3 is 37.4 Å². The van der Waals surface area contributed by atoms with Crippen molar-refractivity contribution in [3.05, 3.63) is 0 Å². The van der Waals surface area contributed by atoms with Gasteiger partial charge in [0.05, 0.1) is 12.7 Å². The van der Waals surface area contributed by atoms with Crippen molar-refractivity contribution in [2.45, 2.75) is 44.0 Å². The Morgan fingerprint density at radius 3 is 2.04 bits per heavy atom.